The SMILES string of the molecule is CCOC(C)=O.CCP(CC)CC. The van der Waals surface area contributed by atoms with Crippen LogP contribution in [0.3, 0.4) is 0 Å². The van der Waals surface area contributed by atoms with E-state index >= 15 is 0 Å². The minimum Gasteiger partial charge on any atom is -0.466 e. The lowest BCUT2D eigenvalue weighted by atomic mass is 10.8. The number of carbonyl (C=O) groups excluding carboxylic acids is 1. The van der Waals surface area contributed by atoms with Crippen LogP contribution in [0.1, 0.15) is 34.6 Å². The summed E-state index contributed by atoms with van der Waals surface area (Å²) in [5, 5.41) is 0. The van der Waals surface area contributed by atoms with Gasteiger partial charge < -0.3 is 4.74 Å². The molecule has 3 heteroatoms. The molecule has 80 valence electrons. The Hall–Kier alpha value is -0.100. The van der Waals surface area contributed by atoms with Crippen molar-refractivity contribution in [2.75, 3.05) is 25.1 Å². The van der Waals surface area contributed by atoms with Gasteiger partial charge in [0.1, 0.15) is 0 Å². The lowest BCUT2D eigenvalue weighted by Crippen LogP contribution is -1.95. The molecule has 0 amide bonds. The zero-order valence-electron chi connectivity index (χ0n) is 9.59. The van der Waals surface area contributed by atoms with Crippen molar-refractivity contribution in [1.82, 2.24) is 0 Å². The van der Waals surface area contributed by atoms with Gasteiger partial charge in [-0.3, -0.25) is 4.79 Å². The predicted octanol–water partition coefficient (Wildman–Crippen LogP) is 3.10. The van der Waals surface area contributed by atoms with E-state index in [0.29, 0.717) is 14.5 Å². The molecule has 0 aliphatic heterocycles. The minimum atomic E-state index is -0.211. The van der Waals surface area contributed by atoms with Crippen molar-refractivity contribution in [2.24, 2.45) is 0 Å². The maximum absolute atomic E-state index is 9.82. The van der Waals surface area contributed by atoms with Crippen LogP contribution < -0.4 is 0 Å². The fourth-order valence-corrected chi connectivity index (χ4v) is 2.22. The molecule has 0 atom stereocenters. The van der Waals surface area contributed by atoms with E-state index in [4.69, 9.17) is 0 Å². The van der Waals surface area contributed by atoms with Crippen molar-refractivity contribution in [3.05, 3.63) is 0 Å². The molecule has 0 aliphatic carbocycles. The Labute approximate surface area is 83.8 Å². The second kappa shape index (κ2) is 11.9. The summed E-state index contributed by atoms with van der Waals surface area (Å²) >= 11 is 0. The van der Waals surface area contributed by atoms with Gasteiger partial charge in [0.05, 0.1) is 6.61 Å². The summed E-state index contributed by atoms with van der Waals surface area (Å²) in [7, 11) is 0.446. The molecule has 0 rings (SSSR count). The number of hydrogen-bond acceptors (Lipinski definition) is 2. The average molecular weight is 206 g/mol. The molecule has 13 heavy (non-hydrogen) atoms. The molecule has 0 heterocycles. The van der Waals surface area contributed by atoms with Crippen LogP contribution in [-0.2, 0) is 9.53 Å². The van der Waals surface area contributed by atoms with Crippen molar-refractivity contribution in [2.45, 2.75) is 34.6 Å². The van der Waals surface area contributed by atoms with E-state index < -0.39 is 0 Å². The molecule has 0 aliphatic rings. The van der Waals surface area contributed by atoms with Crippen molar-refractivity contribution in [1.29, 1.82) is 0 Å². The fourth-order valence-electron chi connectivity index (χ4n) is 0.874. The molecule has 0 fully saturated rings. The first-order valence-corrected chi connectivity index (χ1v) is 6.87. The number of esters is 1. The normalized spacial score (nSPS) is 9.08. The Morgan fingerprint density at radius 3 is 1.46 bits per heavy atom. The minimum absolute atomic E-state index is 0.211. The van der Waals surface area contributed by atoms with E-state index in [-0.39, 0.29) is 5.97 Å². The Morgan fingerprint density at radius 2 is 1.46 bits per heavy atom. The van der Waals surface area contributed by atoms with Crippen LogP contribution in [0, 0.1) is 0 Å². The first-order valence-electron chi connectivity index (χ1n) is 4.97. The van der Waals surface area contributed by atoms with Crippen LogP contribution >= 0.6 is 7.92 Å². The van der Waals surface area contributed by atoms with Crippen LogP contribution in [-0.4, -0.2) is 31.1 Å². The van der Waals surface area contributed by atoms with Gasteiger partial charge >= 0.3 is 5.97 Å². The molecule has 0 unspecified atom stereocenters. The van der Waals surface area contributed by atoms with Crippen LogP contribution in [0.15, 0.2) is 0 Å². The van der Waals surface area contributed by atoms with E-state index in [9.17, 15) is 4.79 Å². The third-order valence-electron chi connectivity index (χ3n) is 1.69. The maximum Gasteiger partial charge on any atom is 0.302 e. The predicted molar refractivity (Wildman–Crippen MR) is 60.9 cm³/mol. The van der Waals surface area contributed by atoms with E-state index in [2.05, 4.69) is 25.5 Å². The molecule has 2 nitrogen and oxygen atoms in total. The second-order valence-corrected chi connectivity index (χ2v) is 5.78. The molecule has 0 aromatic heterocycles. The molecule has 0 saturated carbocycles. The van der Waals surface area contributed by atoms with Crippen LogP contribution in [0.5, 0.6) is 0 Å². The van der Waals surface area contributed by atoms with Crippen molar-refractivity contribution >= 4 is 13.9 Å². The largest absolute Gasteiger partial charge is 0.466 e. The topological polar surface area (TPSA) is 26.3 Å². The smallest absolute Gasteiger partial charge is 0.302 e. The van der Waals surface area contributed by atoms with Gasteiger partial charge in [0, 0.05) is 6.92 Å². The molecule has 0 N–H and O–H groups in total. The summed E-state index contributed by atoms with van der Waals surface area (Å²) in [5.41, 5.74) is 0. The number of hydrogen-bond donors (Lipinski definition) is 0. The first kappa shape index (κ1) is 15.4. The van der Waals surface area contributed by atoms with Crippen LogP contribution in [0.2, 0.25) is 0 Å². The summed E-state index contributed by atoms with van der Waals surface area (Å²) in [5.74, 6) is -0.211. The summed E-state index contributed by atoms with van der Waals surface area (Å²) < 4.78 is 4.40. The lowest BCUT2D eigenvalue weighted by Gasteiger charge is -2.07. The molecule has 0 saturated heterocycles. The highest BCUT2D eigenvalue weighted by molar-refractivity contribution is 7.57. The molecule has 0 aromatic rings. The van der Waals surface area contributed by atoms with Gasteiger partial charge in [-0.25, -0.2) is 0 Å². The molecular formula is C10H23O2P. The van der Waals surface area contributed by atoms with E-state index in [0.717, 1.165) is 0 Å². The van der Waals surface area contributed by atoms with Gasteiger partial charge in [0.2, 0.25) is 0 Å². The summed E-state index contributed by atoms with van der Waals surface area (Å²) in [6, 6.07) is 0. The molecule has 0 spiro atoms. The fraction of sp³-hybridized carbons (Fsp3) is 0.900. The maximum atomic E-state index is 9.82. The highest BCUT2D eigenvalue weighted by atomic mass is 31.1. The van der Waals surface area contributed by atoms with Gasteiger partial charge in [0.25, 0.3) is 0 Å². The standard InChI is InChI=1S/C6H15P.C4H8O2/c1-4-7(5-2)6-3;1-3-6-4(2)5/h4-6H2,1-3H3;3H2,1-2H3. The molecule has 0 aromatic carbocycles. The quantitative estimate of drug-likeness (QED) is 0.522. The van der Waals surface area contributed by atoms with E-state index in [1.165, 1.54) is 25.4 Å². The van der Waals surface area contributed by atoms with Crippen LogP contribution in [0.4, 0.5) is 0 Å². The van der Waals surface area contributed by atoms with Gasteiger partial charge in [0.15, 0.2) is 0 Å². The van der Waals surface area contributed by atoms with Gasteiger partial charge in [-0.05, 0) is 25.4 Å². The number of ether oxygens (including phenoxy) is 1. The highest BCUT2D eigenvalue weighted by Gasteiger charge is 1.94. The van der Waals surface area contributed by atoms with Crippen molar-refractivity contribution in [3.63, 3.8) is 0 Å². The van der Waals surface area contributed by atoms with Crippen molar-refractivity contribution < 1.29 is 9.53 Å². The third-order valence-corrected chi connectivity index (χ3v) is 4.37. The number of carbonyl (C=O) groups is 1. The Morgan fingerprint density at radius 1 is 1.08 bits per heavy atom. The number of rotatable bonds is 4. The second-order valence-electron chi connectivity index (χ2n) is 2.54. The monoisotopic (exact) mass is 206 g/mol. The van der Waals surface area contributed by atoms with Crippen molar-refractivity contribution in [3.8, 4) is 0 Å². The third kappa shape index (κ3) is 14.7. The Balaban J connectivity index is 0. The zero-order valence-corrected chi connectivity index (χ0v) is 10.5. The summed E-state index contributed by atoms with van der Waals surface area (Å²) in [6.45, 7) is 10.5. The van der Waals surface area contributed by atoms with Gasteiger partial charge in [-0.2, -0.15) is 0 Å². The average Bonchev–Trinajstić information content (AvgIpc) is 2.08. The highest BCUT2D eigenvalue weighted by Crippen LogP contribution is 2.32. The van der Waals surface area contributed by atoms with Gasteiger partial charge in [-0.1, -0.05) is 20.8 Å². The van der Waals surface area contributed by atoms with E-state index in [1.807, 2.05) is 0 Å². The molecular weight excluding hydrogens is 183 g/mol. The molecule has 0 bridgehead atoms. The Bertz CT molecular complexity index is 106. The summed E-state index contributed by atoms with van der Waals surface area (Å²) in [6.07, 6.45) is 4.26. The lowest BCUT2D eigenvalue weighted by molar-refractivity contribution is -0.140. The zero-order chi connectivity index (χ0) is 10.7. The summed E-state index contributed by atoms with van der Waals surface area (Å²) in [4.78, 5) is 9.82. The Kier molecular flexibility index (Phi) is 14.1. The van der Waals surface area contributed by atoms with Crippen LogP contribution in [0.25, 0.3) is 0 Å². The first-order chi connectivity index (χ1) is 6.12. The molecule has 0 radical (unpaired) electrons. The van der Waals surface area contributed by atoms with E-state index in [1.54, 1.807) is 6.92 Å². The van der Waals surface area contributed by atoms with Gasteiger partial charge in [-0.15, -0.1) is 7.92 Å².